The number of aliphatic hydroxyl groups excluding tert-OH is 1. The smallest absolute Gasteiger partial charge is 0.417 e. The number of hydrogen-bond donors (Lipinski definition) is 1. The summed E-state index contributed by atoms with van der Waals surface area (Å²) in [4.78, 5) is 0. The van der Waals surface area contributed by atoms with Crippen LogP contribution >= 0.6 is 23.4 Å². The molecule has 0 amide bonds. The molecule has 0 aliphatic carbocycles. The Hall–Kier alpha value is -2.48. The molecule has 0 bridgehead atoms. The molecule has 0 fully saturated rings. The summed E-state index contributed by atoms with van der Waals surface area (Å²) in [7, 11) is 0. The number of nitrogens with zero attached hydrogens (tertiary/aromatic N) is 4. The van der Waals surface area contributed by atoms with E-state index in [0.29, 0.717) is 11.3 Å². The predicted molar refractivity (Wildman–Crippen MR) is 96.4 cm³/mol. The van der Waals surface area contributed by atoms with E-state index < -0.39 is 17.8 Å². The zero-order valence-electron chi connectivity index (χ0n) is 14.0. The minimum atomic E-state index is -4.56. The van der Waals surface area contributed by atoms with E-state index in [2.05, 4.69) is 10.2 Å². The summed E-state index contributed by atoms with van der Waals surface area (Å²) in [5.41, 5.74) is -0.337. The number of aliphatic hydroxyl groups is 1. The molecule has 0 aliphatic heterocycles. The van der Waals surface area contributed by atoms with Gasteiger partial charge in [0.2, 0.25) is 0 Å². The first-order valence-corrected chi connectivity index (χ1v) is 9.19. The monoisotopic (exact) mass is 428 g/mol. The van der Waals surface area contributed by atoms with E-state index in [0.717, 1.165) is 28.4 Å². The van der Waals surface area contributed by atoms with E-state index in [4.69, 9.17) is 21.6 Å². The van der Waals surface area contributed by atoms with Gasteiger partial charge in [-0.2, -0.15) is 18.4 Å². The second-order valence-electron chi connectivity index (χ2n) is 5.66. The highest BCUT2D eigenvalue weighted by Crippen LogP contribution is 2.33. The Bertz CT molecular complexity index is 1020. The lowest BCUT2D eigenvalue weighted by Gasteiger charge is -2.12. The average Bonchev–Trinajstić information content (AvgIpc) is 3.08. The molecular weight excluding hydrogens is 417 g/mol. The van der Waals surface area contributed by atoms with Gasteiger partial charge >= 0.3 is 6.18 Å². The number of benzene rings is 1. The number of fused-ring (bicyclic) bond motifs is 1. The number of aromatic nitrogens is 3. The molecule has 11 heteroatoms. The minimum Gasteiger partial charge on any atom is -0.491 e. The van der Waals surface area contributed by atoms with E-state index in [9.17, 15) is 18.3 Å². The summed E-state index contributed by atoms with van der Waals surface area (Å²) in [6, 6.07) is 9.15. The fraction of sp³-hybridized carbons (Fsp3) is 0.235. The maximum Gasteiger partial charge on any atom is 0.417 e. The minimum absolute atomic E-state index is 0.0375. The van der Waals surface area contributed by atoms with Crippen molar-refractivity contribution in [2.75, 3.05) is 12.4 Å². The van der Waals surface area contributed by atoms with Crippen LogP contribution < -0.4 is 4.74 Å². The Morgan fingerprint density at radius 3 is 2.64 bits per heavy atom. The highest BCUT2D eigenvalue weighted by atomic mass is 35.5. The Labute approximate surface area is 166 Å². The highest BCUT2D eigenvalue weighted by Gasteiger charge is 2.32. The lowest BCUT2D eigenvalue weighted by atomic mass is 10.2. The van der Waals surface area contributed by atoms with Gasteiger partial charge in [0.25, 0.3) is 0 Å². The van der Waals surface area contributed by atoms with Crippen molar-refractivity contribution >= 4 is 29.0 Å². The average molecular weight is 429 g/mol. The Morgan fingerprint density at radius 2 is 2.00 bits per heavy atom. The van der Waals surface area contributed by atoms with Gasteiger partial charge < -0.3 is 9.84 Å². The molecule has 28 heavy (non-hydrogen) atoms. The van der Waals surface area contributed by atoms with Crippen molar-refractivity contribution in [3.63, 3.8) is 0 Å². The van der Waals surface area contributed by atoms with Crippen molar-refractivity contribution in [3.8, 4) is 11.8 Å². The number of thioether (sulfide) groups is 1. The second kappa shape index (κ2) is 8.26. The van der Waals surface area contributed by atoms with Gasteiger partial charge in [-0.15, -0.1) is 10.2 Å². The van der Waals surface area contributed by atoms with Crippen molar-refractivity contribution < 1.29 is 23.0 Å². The summed E-state index contributed by atoms with van der Waals surface area (Å²) < 4.78 is 45.5. The van der Waals surface area contributed by atoms with E-state index in [1.165, 1.54) is 0 Å². The molecule has 0 saturated carbocycles. The molecule has 0 spiro atoms. The molecule has 1 N–H and O–H groups in total. The summed E-state index contributed by atoms with van der Waals surface area (Å²) in [5, 5.41) is 26.4. The molecule has 6 nitrogen and oxygen atoms in total. The number of pyridine rings is 1. The van der Waals surface area contributed by atoms with Crippen LogP contribution in [0.5, 0.6) is 5.75 Å². The SMILES string of the molecule is N#Cc1ccc(OCC(O)CSc2nnc3c(Cl)cc(C(F)(F)F)cn23)cc1. The van der Waals surface area contributed by atoms with Crippen LogP contribution in [0, 0.1) is 11.3 Å². The quantitative estimate of drug-likeness (QED) is 0.601. The Balaban J connectivity index is 1.64. The maximum absolute atomic E-state index is 13.0. The molecule has 1 unspecified atom stereocenters. The van der Waals surface area contributed by atoms with Gasteiger partial charge in [-0.3, -0.25) is 4.40 Å². The van der Waals surface area contributed by atoms with E-state index in [1.54, 1.807) is 24.3 Å². The third-order valence-electron chi connectivity index (χ3n) is 3.59. The number of rotatable bonds is 6. The van der Waals surface area contributed by atoms with Crippen LogP contribution in [0.15, 0.2) is 41.7 Å². The second-order valence-corrected chi connectivity index (χ2v) is 7.06. The fourth-order valence-electron chi connectivity index (χ4n) is 2.22. The number of halogens is 4. The Morgan fingerprint density at radius 1 is 1.29 bits per heavy atom. The van der Waals surface area contributed by atoms with E-state index >= 15 is 0 Å². The Kier molecular flexibility index (Phi) is 5.98. The molecule has 0 saturated heterocycles. The molecule has 1 atom stereocenters. The number of hydrogen-bond acceptors (Lipinski definition) is 6. The molecule has 3 aromatic rings. The van der Waals surface area contributed by atoms with Crippen molar-refractivity contribution in [1.29, 1.82) is 5.26 Å². The predicted octanol–water partition coefficient (Wildman–Crippen LogP) is 3.81. The molecular formula is C17H12ClF3N4O2S. The number of alkyl halides is 3. The van der Waals surface area contributed by atoms with Crippen molar-refractivity contribution in [2.45, 2.75) is 17.4 Å². The van der Waals surface area contributed by atoms with Crippen LogP contribution in [0.4, 0.5) is 13.2 Å². The zero-order chi connectivity index (χ0) is 20.3. The molecule has 146 valence electrons. The van der Waals surface area contributed by atoms with Crippen LogP contribution in [0.1, 0.15) is 11.1 Å². The molecule has 2 heterocycles. The largest absolute Gasteiger partial charge is 0.491 e. The van der Waals surface area contributed by atoms with Crippen molar-refractivity contribution in [2.24, 2.45) is 0 Å². The first-order valence-electron chi connectivity index (χ1n) is 7.83. The third-order valence-corrected chi connectivity index (χ3v) is 4.95. The van der Waals surface area contributed by atoms with Crippen LogP contribution in [0.25, 0.3) is 5.65 Å². The number of ether oxygens (including phenoxy) is 1. The fourth-order valence-corrected chi connectivity index (χ4v) is 3.29. The van der Waals surface area contributed by atoms with Gasteiger partial charge in [0.1, 0.15) is 12.4 Å². The van der Waals surface area contributed by atoms with Crippen LogP contribution in [0.2, 0.25) is 5.02 Å². The summed E-state index contributed by atoms with van der Waals surface area (Å²) >= 11 is 6.89. The van der Waals surface area contributed by atoms with Gasteiger partial charge in [0.15, 0.2) is 10.8 Å². The standard InChI is InChI=1S/C17H12ClF3N4O2S/c18-14-5-11(17(19,20)21)7-25-15(14)23-24-16(25)28-9-12(26)8-27-13-3-1-10(6-22)2-4-13/h1-5,7,12,26H,8-9H2. The highest BCUT2D eigenvalue weighted by molar-refractivity contribution is 7.99. The normalized spacial score (nSPS) is 12.7. The van der Waals surface area contributed by atoms with Gasteiger partial charge in [-0.25, -0.2) is 0 Å². The van der Waals surface area contributed by atoms with Gasteiger partial charge in [0, 0.05) is 11.9 Å². The topological polar surface area (TPSA) is 83.4 Å². The van der Waals surface area contributed by atoms with E-state index in [-0.39, 0.29) is 28.2 Å². The van der Waals surface area contributed by atoms with E-state index in [1.807, 2.05) is 6.07 Å². The van der Waals surface area contributed by atoms with Crippen LogP contribution in [-0.2, 0) is 6.18 Å². The molecule has 0 radical (unpaired) electrons. The van der Waals surface area contributed by atoms with Crippen molar-refractivity contribution in [3.05, 3.63) is 52.7 Å². The summed E-state index contributed by atoms with van der Waals surface area (Å²) in [6.07, 6.45) is -4.60. The summed E-state index contributed by atoms with van der Waals surface area (Å²) in [5.74, 6) is 0.600. The molecule has 2 aromatic heterocycles. The molecule has 3 rings (SSSR count). The maximum atomic E-state index is 13.0. The first kappa shape index (κ1) is 20.3. The molecule has 1 aromatic carbocycles. The van der Waals surface area contributed by atoms with Crippen molar-refractivity contribution in [1.82, 2.24) is 14.6 Å². The van der Waals surface area contributed by atoms with Gasteiger partial charge in [-0.1, -0.05) is 23.4 Å². The first-order chi connectivity index (χ1) is 13.3. The third kappa shape index (κ3) is 4.67. The lowest BCUT2D eigenvalue weighted by molar-refractivity contribution is -0.137. The molecule has 0 aliphatic rings. The van der Waals surface area contributed by atoms with Crippen LogP contribution in [0.3, 0.4) is 0 Å². The summed E-state index contributed by atoms with van der Waals surface area (Å²) in [6.45, 7) is -0.0375. The number of nitriles is 1. The zero-order valence-corrected chi connectivity index (χ0v) is 15.6. The van der Waals surface area contributed by atoms with Gasteiger partial charge in [0.05, 0.1) is 28.3 Å². The lowest BCUT2D eigenvalue weighted by Crippen LogP contribution is -2.20. The van der Waals surface area contributed by atoms with Crippen LogP contribution in [-0.4, -0.2) is 38.2 Å². The van der Waals surface area contributed by atoms with Gasteiger partial charge in [-0.05, 0) is 30.3 Å².